The summed E-state index contributed by atoms with van der Waals surface area (Å²) in [5, 5.41) is 0. The molecule has 0 aliphatic carbocycles. The van der Waals surface area contributed by atoms with E-state index < -0.39 is 10.0 Å². The first-order valence-electron chi connectivity index (χ1n) is 10.5. The number of carbonyl (C=O) groups excluding carboxylic acids is 2. The van der Waals surface area contributed by atoms with Gasteiger partial charge in [0.05, 0.1) is 17.4 Å². The molecule has 8 nitrogen and oxygen atoms in total. The van der Waals surface area contributed by atoms with Crippen molar-refractivity contribution >= 4 is 22.0 Å². The van der Waals surface area contributed by atoms with Crippen molar-refractivity contribution in [1.82, 2.24) is 14.1 Å². The molecule has 2 aliphatic heterocycles. The summed E-state index contributed by atoms with van der Waals surface area (Å²) < 4.78 is 32.6. The van der Waals surface area contributed by atoms with E-state index in [1.165, 1.54) is 4.31 Å². The Bertz CT molecular complexity index is 894. The molecule has 3 rings (SSSR count). The minimum atomic E-state index is -3.58. The van der Waals surface area contributed by atoms with Gasteiger partial charge in [-0.2, -0.15) is 4.31 Å². The number of hydrogen-bond donors (Lipinski definition) is 0. The SMILES string of the molecule is CCOC(=O)N1CCC[C@@H](C(=O)N2CCN(S(=O)(=O)c3ccc(C)cc3C)CC2)C1. The van der Waals surface area contributed by atoms with Crippen molar-refractivity contribution in [3.8, 4) is 0 Å². The predicted octanol–water partition coefficient (Wildman–Crippen LogP) is 2.00. The lowest BCUT2D eigenvalue weighted by atomic mass is 9.96. The number of hydrogen-bond acceptors (Lipinski definition) is 5. The maximum Gasteiger partial charge on any atom is 0.409 e. The maximum atomic E-state index is 13.0. The van der Waals surface area contributed by atoms with Gasteiger partial charge in [-0.05, 0) is 45.2 Å². The largest absolute Gasteiger partial charge is 0.450 e. The number of piperazine rings is 1. The zero-order valence-corrected chi connectivity index (χ0v) is 18.8. The van der Waals surface area contributed by atoms with Gasteiger partial charge < -0.3 is 14.5 Å². The standard InChI is InChI=1S/C21H31N3O5S/c1-4-29-21(26)23-9-5-6-18(15-23)20(25)22-10-12-24(13-11-22)30(27,28)19-8-7-16(2)14-17(19)3/h7-8,14,18H,4-6,9-13,15H2,1-3H3/t18-/m1/s1. The predicted molar refractivity (Wildman–Crippen MR) is 113 cm³/mol. The van der Waals surface area contributed by atoms with Crippen LogP contribution in [0, 0.1) is 19.8 Å². The number of rotatable bonds is 4. The molecule has 166 valence electrons. The van der Waals surface area contributed by atoms with E-state index in [0.29, 0.717) is 37.7 Å². The molecule has 0 unspecified atom stereocenters. The zero-order chi connectivity index (χ0) is 21.9. The second kappa shape index (κ2) is 9.34. The number of sulfonamides is 1. The molecule has 0 saturated carbocycles. The van der Waals surface area contributed by atoms with E-state index in [1.54, 1.807) is 35.8 Å². The van der Waals surface area contributed by atoms with Crippen LogP contribution in [0.3, 0.4) is 0 Å². The van der Waals surface area contributed by atoms with Gasteiger partial charge in [-0.25, -0.2) is 13.2 Å². The average Bonchev–Trinajstić information content (AvgIpc) is 2.73. The van der Waals surface area contributed by atoms with E-state index in [-0.39, 0.29) is 31.0 Å². The highest BCUT2D eigenvalue weighted by molar-refractivity contribution is 7.89. The first-order chi connectivity index (χ1) is 14.2. The molecule has 0 radical (unpaired) electrons. The van der Waals surface area contributed by atoms with Crippen molar-refractivity contribution < 1.29 is 22.7 Å². The van der Waals surface area contributed by atoms with E-state index in [0.717, 1.165) is 24.0 Å². The Labute approximate surface area is 178 Å². The van der Waals surface area contributed by atoms with E-state index in [9.17, 15) is 18.0 Å². The molecule has 0 bridgehead atoms. The fraction of sp³-hybridized carbons (Fsp3) is 0.619. The van der Waals surface area contributed by atoms with Gasteiger partial charge in [0.1, 0.15) is 0 Å². The second-order valence-electron chi connectivity index (χ2n) is 7.98. The van der Waals surface area contributed by atoms with E-state index in [2.05, 4.69) is 0 Å². The fourth-order valence-electron chi connectivity index (χ4n) is 4.19. The Morgan fingerprint density at radius 3 is 2.40 bits per heavy atom. The highest BCUT2D eigenvalue weighted by atomic mass is 32.2. The second-order valence-corrected chi connectivity index (χ2v) is 9.89. The van der Waals surface area contributed by atoms with Crippen LogP contribution in [0.15, 0.2) is 23.1 Å². The number of carbonyl (C=O) groups is 2. The number of piperidine rings is 1. The molecular formula is C21H31N3O5S. The molecule has 1 atom stereocenters. The lowest BCUT2D eigenvalue weighted by Gasteiger charge is -2.38. The molecule has 2 aliphatic rings. The number of ether oxygens (including phenoxy) is 1. The summed E-state index contributed by atoms with van der Waals surface area (Å²) >= 11 is 0. The Morgan fingerprint density at radius 1 is 1.07 bits per heavy atom. The van der Waals surface area contributed by atoms with Crippen LogP contribution in [-0.2, 0) is 19.6 Å². The van der Waals surface area contributed by atoms with Crippen LogP contribution in [0.2, 0.25) is 0 Å². The summed E-state index contributed by atoms with van der Waals surface area (Å²) in [5.74, 6) is -0.266. The van der Waals surface area contributed by atoms with Crippen molar-refractivity contribution in [1.29, 1.82) is 0 Å². The van der Waals surface area contributed by atoms with Crippen LogP contribution in [0.4, 0.5) is 4.79 Å². The highest BCUT2D eigenvalue weighted by Gasteiger charge is 2.35. The first kappa shape index (κ1) is 22.6. The Kier molecular flexibility index (Phi) is 7.02. The van der Waals surface area contributed by atoms with E-state index >= 15 is 0 Å². The number of nitrogens with zero attached hydrogens (tertiary/aromatic N) is 3. The molecule has 1 aromatic carbocycles. The molecule has 2 saturated heterocycles. The fourth-order valence-corrected chi connectivity index (χ4v) is 5.82. The Balaban J connectivity index is 1.61. The van der Waals surface area contributed by atoms with Crippen molar-refractivity contribution in [2.24, 2.45) is 5.92 Å². The molecule has 2 heterocycles. The van der Waals surface area contributed by atoms with Crippen molar-refractivity contribution in [3.63, 3.8) is 0 Å². The molecule has 1 aromatic rings. The van der Waals surface area contributed by atoms with Gasteiger partial charge >= 0.3 is 6.09 Å². The number of amides is 2. The van der Waals surface area contributed by atoms with E-state index in [4.69, 9.17) is 4.74 Å². The summed E-state index contributed by atoms with van der Waals surface area (Å²) in [6, 6.07) is 5.33. The van der Waals surface area contributed by atoms with Gasteiger partial charge in [0.2, 0.25) is 15.9 Å². The molecule has 0 aromatic heterocycles. The van der Waals surface area contributed by atoms with Crippen LogP contribution in [0.25, 0.3) is 0 Å². The lowest BCUT2D eigenvalue weighted by molar-refractivity contribution is -0.138. The third-order valence-corrected chi connectivity index (χ3v) is 7.85. The van der Waals surface area contributed by atoms with E-state index in [1.807, 2.05) is 13.0 Å². The molecular weight excluding hydrogens is 406 g/mol. The number of benzene rings is 1. The van der Waals surface area contributed by atoms with Crippen LogP contribution >= 0.6 is 0 Å². The summed E-state index contributed by atoms with van der Waals surface area (Å²) in [5.41, 5.74) is 1.75. The lowest BCUT2D eigenvalue weighted by Crippen LogP contribution is -2.54. The van der Waals surface area contributed by atoms with Gasteiger partial charge in [-0.15, -0.1) is 0 Å². The van der Waals surface area contributed by atoms with Crippen LogP contribution in [-0.4, -0.2) is 80.4 Å². The van der Waals surface area contributed by atoms with Crippen molar-refractivity contribution in [2.45, 2.75) is 38.5 Å². The minimum Gasteiger partial charge on any atom is -0.450 e. The van der Waals surface area contributed by atoms with Gasteiger partial charge in [-0.1, -0.05) is 17.7 Å². The molecule has 2 amide bonds. The monoisotopic (exact) mass is 437 g/mol. The maximum absolute atomic E-state index is 13.0. The van der Waals surface area contributed by atoms with Gasteiger partial charge in [0.25, 0.3) is 0 Å². The molecule has 2 fully saturated rings. The van der Waals surface area contributed by atoms with Gasteiger partial charge in [-0.3, -0.25) is 4.79 Å². The molecule has 0 N–H and O–H groups in total. The molecule has 9 heteroatoms. The normalized spacial score (nSPS) is 20.8. The molecule has 0 spiro atoms. The van der Waals surface area contributed by atoms with Gasteiger partial charge in [0, 0.05) is 39.3 Å². The number of aryl methyl sites for hydroxylation is 2. The summed E-state index contributed by atoms with van der Waals surface area (Å²) in [6.07, 6.45) is 1.12. The third kappa shape index (κ3) is 4.78. The number of likely N-dealkylation sites (tertiary alicyclic amines) is 1. The van der Waals surface area contributed by atoms with Crippen molar-refractivity contribution in [3.05, 3.63) is 29.3 Å². The van der Waals surface area contributed by atoms with Crippen molar-refractivity contribution in [2.75, 3.05) is 45.9 Å². The van der Waals surface area contributed by atoms with Crippen LogP contribution < -0.4 is 0 Å². The smallest absolute Gasteiger partial charge is 0.409 e. The quantitative estimate of drug-likeness (QED) is 0.719. The summed E-state index contributed by atoms with van der Waals surface area (Å²) in [7, 11) is -3.58. The van der Waals surface area contributed by atoms with Crippen LogP contribution in [0.1, 0.15) is 30.9 Å². The van der Waals surface area contributed by atoms with Gasteiger partial charge in [0.15, 0.2) is 0 Å². The topological polar surface area (TPSA) is 87.2 Å². The summed E-state index contributed by atoms with van der Waals surface area (Å²) in [4.78, 5) is 28.6. The first-order valence-corrected chi connectivity index (χ1v) is 12.0. The Morgan fingerprint density at radius 2 is 1.77 bits per heavy atom. The Hall–Kier alpha value is -2.13. The minimum absolute atomic E-state index is 0.00689. The third-order valence-electron chi connectivity index (χ3n) is 5.80. The zero-order valence-electron chi connectivity index (χ0n) is 18.0. The average molecular weight is 438 g/mol. The van der Waals surface area contributed by atoms with Crippen LogP contribution in [0.5, 0.6) is 0 Å². The molecule has 30 heavy (non-hydrogen) atoms. The highest BCUT2D eigenvalue weighted by Crippen LogP contribution is 2.24. The summed E-state index contributed by atoms with van der Waals surface area (Å²) in [6.45, 7) is 8.04.